The van der Waals surface area contributed by atoms with Crippen LogP contribution in [0.5, 0.6) is 0 Å². The van der Waals surface area contributed by atoms with Crippen molar-refractivity contribution in [3.05, 3.63) is 59.1 Å². The Labute approximate surface area is 124 Å². The molecule has 0 aliphatic carbocycles. The van der Waals surface area contributed by atoms with Gasteiger partial charge in [0.15, 0.2) is 11.5 Å². The summed E-state index contributed by atoms with van der Waals surface area (Å²) in [5.41, 5.74) is -0.0317. The molecular weight excluding hydrogens is 288 g/mol. The van der Waals surface area contributed by atoms with Crippen molar-refractivity contribution in [3.63, 3.8) is 0 Å². The monoisotopic (exact) mass is 300 g/mol. The first-order valence-electron chi connectivity index (χ1n) is 6.53. The Morgan fingerprint density at radius 3 is 3.00 bits per heavy atom. The molecule has 112 valence electrons. The molecular formula is C14H12N4O4. The van der Waals surface area contributed by atoms with Crippen LogP contribution < -0.4 is 10.9 Å². The highest BCUT2D eigenvalue weighted by atomic mass is 16.5. The number of hydrogen-bond acceptors (Lipinski definition) is 6. The zero-order valence-electron chi connectivity index (χ0n) is 11.4. The highest BCUT2D eigenvalue weighted by Gasteiger charge is 2.14. The Morgan fingerprint density at radius 2 is 2.23 bits per heavy atom. The van der Waals surface area contributed by atoms with Gasteiger partial charge in [-0.05, 0) is 12.1 Å². The molecule has 0 saturated carbocycles. The van der Waals surface area contributed by atoms with Gasteiger partial charge in [-0.15, -0.1) is 0 Å². The third-order valence-corrected chi connectivity index (χ3v) is 2.94. The van der Waals surface area contributed by atoms with Gasteiger partial charge in [-0.2, -0.15) is 0 Å². The highest BCUT2D eigenvalue weighted by molar-refractivity contribution is 5.92. The molecule has 3 aromatic heterocycles. The molecule has 0 unspecified atom stereocenters. The number of furan rings is 1. The van der Waals surface area contributed by atoms with E-state index in [0.717, 1.165) is 0 Å². The predicted octanol–water partition coefficient (Wildman–Crippen LogP) is 0.921. The van der Waals surface area contributed by atoms with Crippen LogP contribution in [0, 0.1) is 0 Å². The highest BCUT2D eigenvalue weighted by Crippen LogP contribution is 2.20. The molecule has 0 radical (unpaired) electrons. The maximum atomic E-state index is 11.9. The van der Waals surface area contributed by atoms with E-state index in [9.17, 15) is 9.59 Å². The molecule has 0 aromatic carbocycles. The maximum Gasteiger partial charge on any atom is 0.273 e. The lowest BCUT2D eigenvalue weighted by Gasteiger charge is -2.04. The van der Waals surface area contributed by atoms with Crippen molar-refractivity contribution < 1.29 is 13.7 Å². The minimum Gasteiger partial charge on any atom is -0.461 e. The van der Waals surface area contributed by atoms with Crippen LogP contribution in [0.3, 0.4) is 0 Å². The summed E-state index contributed by atoms with van der Waals surface area (Å²) in [6, 6.07) is 6.26. The zero-order valence-corrected chi connectivity index (χ0v) is 11.4. The van der Waals surface area contributed by atoms with Crippen molar-refractivity contribution in [2.45, 2.75) is 6.54 Å². The molecule has 22 heavy (non-hydrogen) atoms. The van der Waals surface area contributed by atoms with E-state index in [-0.39, 0.29) is 17.8 Å². The number of rotatable bonds is 5. The van der Waals surface area contributed by atoms with Crippen molar-refractivity contribution >= 4 is 5.91 Å². The molecule has 0 aliphatic heterocycles. The largest absolute Gasteiger partial charge is 0.461 e. The number of aromatic nitrogens is 3. The van der Waals surface area contributed by atoms with Crippen molar-refractivity contribution in [1.82, 2.24) is 20.0 Å². The third-order valence-electron chi connectivity index (χ3n) is 2.94. The van der Waals surface area contributed by atoms with Crippen LogP contribution in [0.15, 0.2) is 56.8 Å². The van der Waals surface area contributed by atoms with Gasteiger partial charge in [0.1, 0.15) is 0 Å². The van der Waals surface area contributed by atoms with Gasteiger partial charge in [-0.1, -0.05) is 5.16 Å². The first kappa shape index (κ1) is 13.8. The lowest BCUT2D eigenvalue weighted by Crippen LogP contribution is -2.30. The molecule has 8 nitrogen and oxygen atoms in total. The molecule has 3 aromatic rings. The van der Waals surface area contributed by atoms with Crippen LogP contribution in [0.4, 0.5) is 0 Å². The Morgan fingerprint density at radius 1 is 1.32 bits per heavy atom. The Kier molecular flexibility index (Phi) is 3.82. The van der Waals surface area contributed by atoms with Gasteiger partial charge < -0.3 is 14.3 Å². The minimum atomic E-state index is -0.390. The summed E-state index contributed by atoms with van der Waals surface area (Å²) in [7, 11) is 0. The number of carbonyl (C=O) groups excluding carboxylic acids is 1. The molecule has 8 heteroatoms. The van der Waals surface area contributed by atoms with Crippen molar-refractivity contribution in [2.75, 3.05) is 6.54 Å². The third kappa shape index (κ3) is 2.95. The van der Waals surface area contributed by atoms with E-state index < -0.39 is 5.91 Å². The van der Waals surface area contributed by atoms with Crippen LogP contribution >= 0.6 is 0 Å². The second-order valence-electron chi connectivity index (χ2n) is 4.42. The summed E-state index contributed by atoms with van der Waals surface area (Å²) in [4.78, 5) is 27.3. The van der Waals surface area contributed by atoms with Gasteiger partial charge >= 0.3 is 0 Å². The SMILES string of the molecule is O=C(NCCn1cnccc1=O)c1cc(-c2ccco2)on1. The average molecular weight is 300 g/mol. The molecule has 3 heterocycles. The fourth-order valence-electron chi connectivity index (χ4n) is 1.84. The Bertz CT molecular complexity index is 819. The summed E-state index contributed by atoms with van der Waals surface area (Å²) in [6.07, 6.45) is 4.34. The molecule has 0 bridgehead atoms. The van der Waals surface area contributed by atoms with E-state index in [4.69, 9.17) is 8.94 Å². The van der Waals surface area contributed by atoms with Crippen LogP contribution in [-0.4, -0.2) is 27.2 Å². The summed E-state index contributed by atoms with van der Waals surface area (Å²) in [6.45, 7) is 0.592. The van der Waals surface area contributed by atoms with Crippen molar-refractivity contribution in [3.8, 4) is 11.5 Å². The van der Waals surface area contributed by atoms with Gasteiger partial charge in [-0.25, -0.2) is 4.98 Å². The molecule has 0 atom stereocenters. The Balaban J connectivity index is 1.59. The summed E-state index contributed by atoms with van der Waals surface area (Å²) < 4.78 is 11.6. The standard InChI is InChI=1S/C14H12N4O4/c19-13-3-4-15-9-18(13)6-5-16-14(20)10-8-12(22-17-10)11-2-1-7-21-11/h1-4,7-9H,5-6H2,(H,16,20). The quantitative estimate of drug-likeness (QED) is 0.751. The van der Waals surface area contributed by atoms with E-state index in [1.54, 1.807) is 12.1 Å². The second kappa shape index (κ2) is 6.08. The number of amides is 1. The lowest BCUT2D eigenvalue weighted by molar-refractivity contribution is 0.0943. The fourth-order valence-corrected chi connectivity index (χ4v) is 1.84. The maximum absolute atomic E-state index is 11.9. The van der Waals surface area contributed by atoms with Crippen LogP contribution in [0.2, 0.25) is 0 Å². The van der Waals surface area contributed by atoms with Crippen LogP contribution in [0.1, 0.15) is 10.5 Å². The second-order valence-corrected chi connectivity index (χ2v) is 4.42. The number of carbonyl (C=O) groups is 1. The first-order valence-corrected chi connectivity index (χ1v) is 6.53. The molecule has 0 fully saturated rings. The number of nitrogens with zero attached hydrogens (tertiary/aromatic N) is 3. The number of hydrogen-bond donors (Lipinski definition) is 1. The predicted molar refractivity (Wildman–Crippen MR) is 75.0 cm³/mol. The summed E-state index contributed by atoms with van der Waals surface area (Å²) in [5, 5.41) is 6.34. The van der Waals surface area contributed by atoms with E-state index >= 15 is 0 Å². The minimum absolute atomic E-state index is 0.143. The van der Waals surface area contributed by atoms with Crippen molar-refractivity contribution in [1.29, 1.82) is 0 Å². The molecule has 3 rings (SSSR count). The summed E-state index contributed by atoms with van der Waals surface area (Å²) in [5.74, 6) is 0.477. The molecule has 1 N–H and O–H groups in total. The molecule has 0 saturated heterocycles. The van der Waals surface area contributed by atoms with E-state index in [1.165, 1.54) is 35.5 Å². The molecule has 0 spiro atoms. The van der Waals surface area contributed by atoms with Gasteiger partial charge in [0.05, 0.1) is 12.6 Å². The average Bonchev–Trinajstić information content (AvgIpc) is 3.20. The van der Waals surface area contributed by atoms with Crippen LogP contribution in [-0.2, 0) is 6.54 Å². The normalized spacial score (nSPS) is 10.5. The zero-order chi connectivity index (χ0) is 15.4. The fraction of sp³-hybridized carbons (Fsp3) is 0.143. The smallest absolute Gasteiger partial charge is 0.273 e. The molecule has 0 aliphatic rings. The van der Waals surface area contributed by atoms with Gasteiger partial charge in [-0.3, -0.25) is 14.2 Å². The number of nitrogens with one attached hydrogen (secondary N) is 1. The van der Waals surface area contributed by atoms with Gasteiger partial charge in [0, 0.05) is 31.4 Å². The first-order chi connectivity index (χ1) is 10.7. The van der Waals surface area contributed by atoms with Crippen molar-refractivity contribution in [2.24, 2.45) is 0 Å². The van der Waals surface area contributed by atoms with E-state index in [1.807, 2.05) is 0 Å². The lowest BCUT2D eigenvalue weighted by atomic mass is 10.3. The van der Waals surface area contributed by atoms with E-state index in [2.05, 4.69) is 15.5 Å². The van der Waals surface area contributed by atoms with Gasteiger partial charge in [0.25, 0.3) is 11.5 Å². The Hall–Kier alpha value is -3.16. The van der Waals surface area contributed by atoms with Gasteiger partial charge in [0.2, 0.25) is 5.76 Å². The van der Waals surface area contributed by atoms with Crippen LogP contribution in [0.25, 0.3) is 11.5 Å². The summed E-state index contributed by atoms with van der Waals surface area (Å²) >= 11 is 0. The topological polar surface area (TPSA) is 103 Å². The molecule has 1 amide bonds. The van der Waals surface area contributed by atoms with E-state index in [0.29, 0.717) is 18.1 Å².